The van der Waals surface area contributed by atoms with Crippen molar-refractivity contribution in [3.05, 3.63) is 78.5 Å². The first-order valence-corrected chi connectivity index (χ1v) is 10.1. The maximum absolute atomic E-state index is 11.7. The Labute approximate surface area is 156 Å². The first kappa shape index (κ1) is 17.3. The van der Waals surface area contributed by atoms with E-state index in [1.807, 2.05) is 24.3 Å². The minimum Gasteiger partial charge on any atom is -0.318 e. The predicted molar refractivity (Wildman–Crippen MR) is 102 cm³/mol. The Morgan fingerprint density at radius 3 is 2.52 bits per heavy atom. The van der Waals surface area contributed by atoms with Crippen LogP contribution in [0.1, 0.15) is 17.4 Å². The quantitative estimate of drug-likeness (QED) is 0.583. The molecule has 0 radical (unpaired) electrons. The Hall–Kier alpha value is -3.10. The third-order valence-corrected chi connectivity index (χ3v) is 5.42. The molecule has 3 aromatic heterocycles. The van der Waals surface area contributed by atoms with Crippen molar-refractivity contribution in [1.29, 1.82) is 0 Å². The van der Waals surface area contributed by atoms with Crippen molar-refractivity contribution in [2.24, 2.45) is 5.73 Å². The number of fused-ring (bicyclic) bond motifs is 1. The van der Waals surface area contributed by atoms with Gasteiger partial charge in [-0.25, -0.2) is 17.9 Å². The summed E-state index contributed by atoms with van der Waals surface area (Å²) in [7, 11) is -3.24. The minimum atomic E-state index is -3.24. The van der Waals surface area contributed by atoms with E-state index in [-0.39, 0.29) is 4.90 Å². The Bertz CT molecular complexity index is 1200. The largest absolute Gasteiger partial charge is 0.318 e. The summed E-state index contributed by atoms with van der Waals surface area (Å²) >= 11 is 0. The van der Waals surface area contributed by atoms with Crippen molar-refractivity contribution in [3.63, 3.8) is 0 Å². The van der Waals surface area contributed by atoms with E-state index < -0.39 is 15.9 Å². The van der Waals surface area contributed by atoms with E-state index >= 15 is 0 Å². The number of nitrogens with zero attached hydrogens (tertiary/aromatic N) is 4. The van der Waals surface area contributed by atoms with E-state index in [0.29, 0.717) is 11.5 Å². The van der Waals surface area contributed by atoms with Crippen molar-refractivity contribution in [1.82, 2.24) is 19.6 Å². The van der Waals surface area contributed by atoms with Gasteiger partial charge in [0.2, 0.25) is 0 Å². The average Bonchev–Trinajstić information content (AvgIpc) is 3.12. The molecule has 3 heterocycles. The van der Waals surface area contributed by atoms with Gasteiger partial charge in [0.15, 0.2) is 21.3 Å². The molecule has 4 aromatic rings. The lowest BCUT2D eigenvalue weighted by atomic mass is 10.1. The molecule has 4 rings (SSSR count). The minimum absolute atomic E-state index is 0.277. The summed E-state index contributed by atoms with van der Waals surface area (Å²) in [6, 6.07) is 13.7. The van der Waals surface area contributed by atoms with Gasteiger partial charge in [-0.05, 0) is 41.5 Å². The molecule has 7 nitrogen and oxygen atoms in total. The fourth-order valence-electron chi connectivity index (χ4n) is 2.87. The number of benzene rings is 1. The number of pyridine rings is 2. The first-order valence-electron chi connectivity index (χ1n) is 8.25. The number of sulfone groups is 1. The zero-order valence-corrected chi connectivity index (χ0v) is 15.3. The summed E-state index contributed by atoms with van der Waals surface area (Å²) in [4.78, 5) is 8.98. The van der Waals surface area contributed by atoms with Gasteiger partial charge in [0.1, 0.15) is 0 Å². The van der Waals surface area contributed by atoms with Crippen molar-refractivity contribution in [2.45, 2.75) is 10.9 Å². The topological polar surface area (TPSA) is 103 Å². The zero-order valence-electron chi connectivity index (χ0n) is 14.5. The van der Waals surface area contributed by atoms with Crippen LogP contribution >= 0.6 is 0 Å². The Balaban J connectivity index is 1.78. The molecule has 0 saturated heterocycles. The number of hydrogen-bond acceptors (Lipinski definition) is 6. The molecular formula is C19H17N5O2S. The van der Waals surface area contributed by atoms with E-state index in [9.17, 15) is 8.42 Å². The Morgan fingerprint density at radius 2 is 1.85 bits per heavy atom. The highest BCUT2D eigenvalue weighted by Gasteiger charge is 2.17. The zero-order chi connectivity index (χ0) is 19.0. The van der Waals surface area contributed by atoms with Crippen molar-refractivity contribution in [2.75, 3.05) is 6.26 Å². The summed E-state index contributed by atoms with van der Waals surface area (Å²) in [5, 5.41) is 4.49. The predicted octanol–water partition coefficient (Wildman–Crippen LogP) is 2.24. The number of aromatic nitrogens is 4. The van der Waals surface area contributed by atoms with Crippen molar-refractivity contribution >= 4 is 15.5 Å². The Morgan fingerprint density at radius 1 is 1.07 bits per heavy atom. The van der Waals surface area contributed by atoms with Gasteiger partial charge < -0.3 is 5.73 Å². The third kappa shape index (κ3) is 3.32. The summed E-state index contributed by atoms with van der Waals surface area (Å²) in [5.41, 5.74) is 9.46. The SMILES string of the molecule is CS(=O)(=O)c1ccc(-c2cccn3nc(C(N)c4cccnc4)nc23)cc1. The maximum atomic E-state index is 11.7. The molecule has 8 heteroatoms. The van der Waals surface area contributed by atoms with Crippen LogP contribution in [0.4, 0.5) is 0 Å². The number of rotatable bonds is 4. The molecular weight excluding hydrogens is 362 g/mol. The van der Waals surface area contributed by atoms with Gasteiger partial charge in [-0.2, -0.15) is 0 Å². The van der Waals surface area contributed by atoms with Crippen LogP contribution in [0.3, 0.4) is 0 Å². The van der Waals surface area contributed by atoms with Crippen LogP contribution in [-0.2, 0) is 9.84 Å². The van der Waals surface area contributed by atoms with E-state index in [2.05, 4.69) is 15.1 Å². The van der Waals surface area contributed by atoms with Crippen LogP contribution in [0.15, 0.2) is 72.0 Å². The third-order valence-electron chi connectivity index (χ3n) is 4.29. The number of hydrogen-bond donors (Lipinski definition) is 1. The molecule has 1 atom stereocenters. The molecule has 0 fully saturated rings. The van der Waals surface area contributed by atoms with Gasteiger partial charge in [0.25, 0.3) is 0 Å². The highest BCUT2D eigenvalue weighted by molar-refractivity contribution is 7.90. The van der Waals surface area contributed by atoms with Gasteiger partial charge in [-0.15, -0.1) is 5.10 Å². The van der Waals surface area contributed by atoms with Crippen LogP contribution in [0.25, 0.3) is 16.8 Å². The molecule has 136 valence electrons. The fraction of sp³-hybridized carbons (Fsp3) is 0.105. The normalized spacial score (nSPS) is 13.0. The van der Waals surface area contributed by atoms with Crippen LogP contribution < -0.4 is 5.73 Å². The Kier molecular flexibility index (Phi) is 4.21. The van der Waals surface area contributed by atoms with Crippen molar-refractivity contribution < 1.29 is 8.42 Å². The maximum Gasteiger partial charge on any atom is 0.175 e. The monoisotopic (exact) mass is 379 g/mol. The average molecular weight is 379 g/mol. The second-order valence-corrected chi connectivity index (χ2v) is 8.24. The van der Waals surface area contributed by atoms with Crippen LogP contribution in [0.5, 0.6) is 0 Å². The van der Waals surface area contributed by atoms with Gasteiger partial charge >= 0.3 is 0 Å². The second-order valence-electron chi connectivity index (χ2n) is 6.22. The molecule has 0 aliphatic heterocycles. The van der Waals surface area contributed by atoms with E-state index in [1.54, 1.807) is 47.4 Å². The molecule has 0 saturated carbocycles. The van der Waals surface area contributed by atoms with Crippen molar-refractivity contribution in [3.8, 4) is 11.1 Å². The van der Waals surface area contributed by atoms with Gasteiger partial charge in [0, 0.05) is 30.4 Å². The molecule has 0 amide bonds. The summed E-state index contributed by atoms with van der Waals surface area (Å²) in [6.45, 7) is 0. The number of nitrogens with two attached hydrogens (primary N) is 1. The molecule has 0 spiro atoms. The van der Waals surface area contributed by atoms with Crippen LogP contribution in [-0.4, -0.2) is 34.3 Å². The molecule has 27 heavy (non-hydrogen) atoms. The molecule has 2 N–H and O–H groups in total. The van der Waals surface area contributed by atoms with Gasteiger partial charge in [0.05, 0.1) is 10.9 Å². The van der Waals surface area contributed by atoms with E-state index in [0.717, 1.165) is 16.7 Å². The fourth-order valence-corrected chi connectivity index (χ4v) is 3.50. The lowest BCUT2D eigenvalue weighted by Gasteiger charge is -2.06. The van der Waals surface area contributed by atoms with Gasteiger partial charge in [-0.3, -0.25) is 4.98 Å². The summed E-state index contributed by atoms with van der Waals surface area (Å²) in [6.07, 6.45) is 6.37. The van der Waals surface area contributed by atoms with E-state index in [4.69, 9.17) is 5.73 Å². The van der Waals surface area contributed by atoms with Crippen LogP contribution in [0.2, 0.25) is 0 Å². The highest BCUT2D eigenvalue weighted by atomic mass is 32.2. The van der Waals surface area contributed by atoms with Crippen LogP contribution in [0, 0.1) is 0 Å². The second kappa shape index (κ2) is 6.57. The van der Waals surface area contributed by atoms with E-state index in [1.165, 1.54) is 6.26 Å². The first-order chi connectivity index (χ1) is 12.9. The summed E-state index contributed by atoms with van der Waals surface area (Å²) < 4.78 is 25.0. The lowest BCUT2D eigenvalue weighted by molar-refractivity contribution is 0.602. The molecule has 1 unspecified atom stereocenters. The smallest absolute Gasteiger partial charge is 0.175 e. The van der Waals surface area contributed by atoms with Gasteiger partial charge in [-0.1, -0.05) is 18.2 Å². The molecule has 0 aliphatic rings. The summed E-state index contributed by atoms with van der Waals surface area (Å²) in [5.74, 6) is 0.489. The molecule has 1 aromatic carbocycles. The lowest BCUT2D eigenvalue weighted by Crippen LogP contribution is -2.13. The molecule has 0 bridgehead atoms. The molecule has 0 aliphatic carbocycles. The highest BCUT2D eigenvalue weighted by Crippen LogP contribution is 2.26. The standard InChI is InChI=1S/C19H17N5O2S/c1-27(25,26)15-8-6-13(7-9-15)16-5-3-11-24-19(16)22-18(23-24)17(20)14-4-2-10-21-12-14/h2-12,17H,20H2,1H3.